The average Bonchev–Trinajstić information content (AvgIpc) is 2.44. The molecule has 0 saturated carbocycles. The van der Waals surface area contributed by atoms with Crippen molar-refractivity contribution in [2.45, 2.75) is 19.0 Å². The van der Waals surface area contributed by atoms with E-state index in [-0.39, 0.29) is 17.5 Å². The monoisotopic (exact) mass is 312 g/mol. The van der Waals surface area contributed by atoms with Crippen LogP contribution in [0.15, 0.2) is 24.3 Å². The van der Waals surface area contributed by atoms with Crippen molar-refractivity contribution in [1.82, 2.24) is 10.2 Å². The van der Waals surface area contributed by atoms with Gasteiger partial charge in [0.1, 0.15) is 5.75 Å². The molecule has 0 radical (unpaired) electrons. The van der Waals surface area contributed by atoms with Gasteiger partial charge < -0.3 is 15.0 Å². The molecule has 0 bridgehead atoms. The first-order valence-electron chi connectivity index (χ1n) is 7.24. The maximum absolute atomic E-state index is 11.6. The summed E-state index contributed by atoms with van der Waals surface area (Å²) in [6.07, 6.45) is 0.847. The van der Waals surface area contributed by atoms with Crippen LogP contribution >= 0.6 is 0 Å². The van der Waals surface area contributed by atoms with Crippen LogP contribution in [-0.2, 0) is 16.4 Å². The van der Waals surface area contributed by atoms with Crippen LogP contribution < -0.4 is 10.1 Å². The van der Waals surface area contributed by atoms with E-state index >= 15 is 0 Å². The van der Waals surface area contributed by atoms with Crippen molar-refractivity contribution in [2.75, 3.05) is 38.8 Å². The van der Waals surface area contributed by atoms with E-state index in [0.717, 1.165) is 25.3 Å². The largest absolute Gasteiger partial charge is 0.497 e. The number of ether oxygens (including phenoxy) is 1. The molecule has 21 heavy (non-hydrogen) atoms. The Hall–Kier alpha value is -1.11. The lowest BCUT2D eigenvalue weighted by Crippen LogP contribution is -2.46. The molecule has 0 aliphatic carbocycles. The van der Waals surface area contributed by atoms with E-state index in [4.69, 9.17) is 4.74 Å². The molecule has 6 heteroatoms. The number of sulfone groups is 1. The standard InChI is InChI=1S/C15H24N2O3S/c1-17(11-13-4-3-5-15(10-13)20-2)8-6-14-12-21(18,19)9-7-16-14/h3-5,10,14,16H,6-9,11-12H2,1-2H3. The second-order valence-corrected chi connectivity index (χ2v) is 7.87. The Morgan fingerprint density at radius 2 is 2.24 bits per heavy atom. The van der Waals surface area contributed by atoms with Crippen molar-refractivity contribution in [3.05, 3.63) is 29.8 Å². The number of methoxy groups -OCH3 is 1. The Morgan fingerprint density at radius 1 is 1.43 bits per heavy atom. The minimum absolute atomic E-state index is 0.0801. The van der Waals surface area contributed by atoms with E-state index in [1.54, 1.807) is 7.11 Å². The van der Waals surface area contributed by atoms with E-state index in [0.29, 0.717) is 6.54 Å². The highest BCUT2D eigenvalue weighted by atomic mass is 32.2. The Morgan fingerprint density at radius 3 is 2.95 bits per heavy atom. The molecule has 2 rings (SSSR count). The van der Waals surface area contributed by atoms with E-state index in [1.165, 1.54) is 5.56 Å². The van der Waals surface area contributed by atoms with E-state index in [9.17, 15) is 8.42 Å². The smallest absolute Gasteiger partial charge is 0.153 e. The van der Waals surface area contributed by atoms with Gasteiger partial charge in [0.2, 0.25) is 0 Å². The molecular formula is C15H24N2O3S. The zero-order chi connectivity index (χ0) is 15.3. The molecule has 1 saturated heterocycles. The maximum atomic E-state index is 11.6. The quantitative estimate of drug-likeness (QED) is 0.846. The molecule has 1 aromatic rings. The molecule has 1 aliphatic rings. The summed E-state index contributed by atoms with van der Waals surface area (Å²) in [6.45, 7) is 2.27. The summed E-state index contributed by atoms with van der Waals surface area (Å²) in [6, 6.07) is 8.09. The number of hydrogen-bond donors (Lipinski definition) is 1. The highest BCUT2D eigenvalue weighted by molar-refractivity contribution is 7.91. The summed E-state index contributed by atoms with van der Waals surface area (Å²) in [7, 11) is 0.872. The van der Waals surface area contributed by atoms with Crippen LogP contribution in [0.3, 0.4) is 0 Å². The fourth-order valence-corrected chi connectivity index (χ4v) is 4.08. The van der Waals surface area contributed by atoms with Gasteiger partial charge in [-0.25, -0.2) is 8.42 Å². The van der Waals surface area contributed by atoms with Crippen molar-refractivity contribution >= 4 is 9.84 Å². The van der Waals surface area contributed by atoms with Gasteiger partial charge in [0.25, 0.3) is 0 Å². The lowest BCUT2D eigenvalue weighted by Gasteiger charge is -2.26. The van der Waals surface area contributed by atoms with Crippen molar-refractivity contribution in [3.8, 4) is 5.75 Å². The third-order valence-electron chi connectivity index (χ3n) is 3.75. The highest BCUT2D eigenvalue weighted by Crippen LogP contribution is 2.14. The summed E-state index contributed by atoms with van der Waals surface area (Å²) < 4.78 is 28.4. The van der Waals surface area contributed by atoms with Gasteiger partial charge in [0.15, 0.2) is 9.84 Å². The normalized spacial score (nSPS) is 21.4. The summed E-state index contributed by atoms with van der Waals surface area (Å²) in [4.78, 5) is 2.21. The minimum atomic E-state index is -2.85. The number of benzene rings is 1. The van der Waals surface area contributed by atoms with Crippen molar-refractivity contribution < 1.29 is 13.2 Å². The lowest BCUT2D eigenvalue weighted by molar-refractivity contribution is 0.303. The molecule has 1 N–H and O–H groups in total. The van der Waals surface area contributed by atoms with Gasteiger partial charge in [-0.05, 0) is 37.7 Å². The second-order valence-electron chi connectivity index (χ2n) is 5.64. The zero-order valence-corrected chi connectivity index (χ0v) is 13.5. The number of nitrogens with one attached hydrogen (secondary N) is 1. The fourth-order valence-electron chi connectivity index (χ4n) is 2.59. The van der Waals surface area contributed by atoms with Gasteiger partial charge >= 0.3 is 0 Å². The summed E-state index contributed by atoms with van der Waals surface area (Å²) in [5.41, 5.74) is 1.20. The van der Waals surface area contributed by atoms with Gasteiger partial charge in [-0.1, -0.05) is 12.1 Å². The summed E-state index contributed by atoms with van der Waals surface area (Å²) >= 11 is 0. The molecule has 0 aromatic heterocycles. The molecule has 0 spiro atoms. The highest BCUT2D eigenvalue weighted by Gasteiger charge is 2.23. The molecule has 0 amide bonds. The molecule has 5 nitrogen and oxygen atoms in total. The number of hydrogen-bond acceptors (Lipinski definition) is 5. The Balaban J connectivity index is 1.80. The third kappa shape index (κ3) is 5.30. The molecule has 1 unspecified atom stereocenters. The van der Waals surface area contributed by atoms with E-state index in [2.05, 4.69) is 23.3 Å². The molecule has 1 aliphatic heterocycles. The van der Waals surface area contributed by atoms with Gasteiger partial charge in [-0.3, -0.25) is 0 Å². The van der Waals surface area contributed by atoms with Crippen LogP contribution in [0, 0.1) is 0 Å². The predicted octanol–water partition coefficient (Wildman–Crippen LogP) is 0.904. The van der Waals surface area contributed by atoms with Crippen LogP contribution in [0.4, 0.5) is 0 Å². The van der Waals surface area contributed by atoms with Crippen molar-refractivity contribution in [3.63, 3.8) is 0 Å². The molecule has 1 fully saturated rings. The first kappa shape index (κ1) is 16.3. The predicted molar refractivity (Wildman–Crippen MR) is 84.4 cm³/mol. The minimum Gasteiger partial charge on any atom is -0.497 e. The summed E-state index contributed by atoms with van der Waals surface area (Å²) in [5, 5.41) is 3.29. The number of rotatable bonds is 6. The van der Waals surface area contributed by atoms with E-state index in [1.807, 2.05) is 18.2 Å². The average molecular weight is 312 g/mol. The van der Waals surface area contributed by atoms with Gasteiger partial charge in [-0.15, -0.1) is 0 Å². The van der Waals surface area contributed by atoms with Crippen molar-refractivity contribution in [1.29, 1.82) is 0 Å². The maximum Gasteiger partial charge on any atom is 0.153 e. The molecule has 1 atom stereocenters. The number of nitrogens with zero attached hydrogens (tertiary/aromatic N) is 1. The first-order valence-corrected chi connectivity index (χ1v) is 9.06. The second kappa shape index (κ2) is 7.24. The van der Waals surface area contributed by atoms with Crippen LogP contribution in [-0.4, -0.2) is 58.1 Å². The van der Waals surface area contributed by atoms with Crippen LogP contribution in [0.5, 0.6) is 5.75 Å². The van der Waals surface area contributed by atoms with Gasteiger partial charge in [0, 0.05) is 19.1 Å². The molecule has 1 heterocycles. The van der Waals surface area contributed by atoms with Gasteiger partial charge in [-0.2, -0.15) is 0 Å². The molecular weight excluding hydrogens is 288 g/mol. The topological polar surface area (TPSA) is 58.6 Å². The lowest BCUT2D eigenvalue weighted by atomic mass is 10.2. The van der Waals surface area contributed by atoms with Crippen LogP contribution in [0.2, 0.25) is 0 Å². The fraction of sp³-hybridized carbons (Fsp3) is 0.600. The SMILES string of the molecule is COc1cccc(CN(C)CCC2CS(=O)(=O)CCN2)c1. The Bertz CT molecular complexity index is 560. The Labute approximate surface area is 127 Å². The van der Waals surface area contributed by atoms with Crippen LogP contribution in [0.1, 0.15) is 12.0 Å². The zero-order valence-electron chi connectivity index (χ0n) is 12.7. The van der Waals surface area contributed by atoms with Crippen LogP contribution in [0.25, 0.3) is 0 Å². The third-order valence-corrected chi connectivity index (χ3v) is 5.48. The van der Waals surface area contributed by atoms with E-state index < -0.39 is 9.84 Å². The van der Waals surface area contributed by atoms with Gasteiger partial charge in [0.05, 0.1) is 18.6 Å². The van der Waals surface area contributed by atoms with Crippen molar-refractivity contribution in [2.24, 2.45) is 0 Å². The first-order chi connectivity index (χ1) is 9.98. The Kier molecular flexibility index (Phi) is 5.61. The summed E-state index contributed by atoms with van der Waals surface area (Å²) in [5.74, 6) is 1.39. The molecule has 118 valence electrons. The molecule has 1 aromatic carbocycles.